The first-order valence-corrected chi connectivity index (χ1v) is 9.39. The Hall–Kier alpha value is -2.11. The molecule has 7 heteroatoms. The van der Waals surface area contributed by atoms with E-state index in [0.717, 1.165) is 12.8 Å². The first-order chi connectivity index (χ1) is 12.8. The van der Waals surface area contributed by atoms with Gasteiger partial charge < -0.3 is 5.32 Å². The summed E-state index contributed by atoms with van der Waals surface area (Å²) in [6.45, 7) is 6.15. The normalized spacial score (nSPS) is 11.4. The van der Waals surface area contributed by atoms with Crippen LogP contribution in [0.1, 0.15) is 46.5 Å². The van der Waals surface area contributed by atoms with Crippen molar-refractivity contribution < 1.29 is 9.59 Å². The van der Waals surface area contributed by atoms with Gasteiger partial charge in [-0.1, -0.05) is 40.4 Å². The molecule has 0 aliphatic heterocycles. The number of carbonyl (C=O) groups excluding carboxylic acids is 2. The molecular weight excluding hydrogens is 385 g/mol. The fourth-order valence-electron chi connectivity index (χ4n) is 2.03. The Labute approximate surface area is 170 Å². The Morgan fingerprint density at radius 3 is 2.44 bits per heavy atom. The van der Waals surface area contributed by atoms with Gasteiger partial charge in [-0.3, -0.25) is 9.59 Å². The molecule has 2 N–H and O–H groups in total. The predicted molar refractivity (Wildman–Crippen MR) is 113 cm³/mol. The van der Waals surface area contributed by atoms with Crippen molar-refractivity contribution >= 4 is 46.9 Å². The van der Waals surface area contributed by atoms with E-state index >= 15 is 0 Å². The maximum Gasteiger partial charge on any atom is 0.240 e. The summed E-state index contributed by atoms with van der Waals surface area (Å²) in [5, 5.41) is 7.32. The summed E-state index contributed by atoms with van der Waals surface area (Å²) < 4.78 is 0. The molecule has 0 bridgehead atoms. The Morgan fingerprint density at radius 1 is 1.07 bits per heavy atom. The third-order valence-electron chi connectivity index (χ3n) is 3.50. The van der Waals surface area contributed by atoms with Crippen molar-refractivity contribution in [2.75, 3.05) is 5.32 Å². The average Bonchev–Trinajstić information content (AvgIpc) is 2.59. The number of rotatable bonds is 9. The fraction of sp³-hybridized carbons (Fsp3) is 0.350. The van der Waals surface area contributed by atoms with Crippen molar-refractivity contribution in [1.29, 1.82) is 0 Å². The van der Waals surface area contributed by atoms with Crippen LogP contribution in [0.2, 0.25) is 10.0 Å². The quantitative estimate of drug-likeness (QED) is 0.320. The molecule has 1 aromatic rings. The van der Waals surface area contributed by atoms with Crippen molar-refractivity contribution in [1.82, 2.24) is 5.43 Å². The van der Waals surface area contributed by atoms with Crippen LogP contribution in [0.25, 0.3) is 0 Å². The minimum atomic E-state index is -0.334. The molecule has 146 valence electrons. The van der Waals surface area contributed by atoms with Crippen molar-refractivity contribution in [3.8, 4) is 0 Å². The minimum absolute atomic E-state index is 0.0254. The number of hydrogen-bond donors (Lipinski definition) is 2. The fourth-order valence-corrected chi connectivity index (χ4v) is 2.49. The molecule has 1 rings (SSSR count). The number of nitrogens with zero attached hydrogens (tertiary/aromatic N) is 1. The molecule has 0 radical (unpaired) electrons. The average molecular weight is 410 g/mol. The van der Waals surface area contributed by atoms with Crippen LogP contribution in [0, 0.1) is 0 Å². The van der Waals surface area contributed by atoms with Crippen LogP contribution in [-0.2, 0) is 9.59 Å². The second kappa shape index (κ2) is 12.3. The van der Waals surface area contributed by atoms with Crippen molar-refractivity contribution in [3.05, 3.63) is 51.5 Å². The monoisotopic (exact) mass is 409 g/mol. The van der Waals surface area contributed by atoms with Gasteiger partial charge in [0.15, 0.2) is 0 Å². The first-order valence-electron chi connectivity index (χ1n) is 8.64. The van der Waals surface area contributed by atoms with Gasteiger partial charge in [0.2, 0.25) is 11.8 Å². The molecule has 0 heterocycles. The molecule has 0 aromatic heterocycles. The molecule has 0 saturated carbocycles. The summed E-state index contributed by atoms with van der Waals surface area (Å²) in [5.41, 5.74) is 5.33. The number of anilines is 1. The predicted octanol–water partition coefficient (Wildman–Crippen LogP) is 5.51. The van der Waals surface area contributed by atoms with Gasteiger partial charge in [-0.25, -0.2) is 5.43 Å². The molecule has 0 aliphatic rings. The van der Waals surface area contributed by atoms with Gasteiger partial charge in [0.1, 0.15) is 0 Å². The SMILES string of the molecule is CC(C)=CCCC(C)=CC=NNC(=O)CCC(=O)Nc1ccc(Cl)cc1Cl. The van der Waals surface area contributed by atoms with Gasteiger partial charge in [0.25, 0.3) is 0 Å². The summed E-state index contributed by atoms with van der Waals surface area (Å²) in [7, 11) is 0. The number of allylic oxidation sites excluding steroid dienone is 4. The summed E-state index contributed by atoms with van der Waals surface area (Å²) in [6.07, 6.45) is 7.56. The van der Waals surface area contributed by atoms with E-state index in [2.05, 4.69) is 35.8 Å². The van der Waals surface area contributed by atoms with Crippen LogP contribution in [0.15, 0.2) is 46.6 Å². The van der Waals surface area contributed by atoms with Gasteiger partial charge in [0, 0.05) is 24.1 Å². The lowest BCUT2D eigenvalue weighted by Crippen LogP contribution is -2.20. The molecule has 0 fully saturated rings. The lowest BCUT2D eigenvalue weighted by Gasteiger charge is -2.07. The second-order valence-corrected chi connectivity index (χ2v) is 7.16. The van der Waals surface area contributed by atoms with Crippen LogP contribution in [-0.4, -0.2) is 18.0 Å². The Kier molecular flexibility index (Phi) is 10.5. The first kappa shape index (κ1) is 22.9. The largest absolute Gasteiger partial charge is 0.325 e. The highest BCUT2D eigenvalue weighted by molar-refractivity contribution is 6.36. The standard InChI is InChI=1S/C20H25Cl2N3O2/c1-14(2)5-4-6-15(3)11-12-23-25-20(27)10-9-19(26)24-18-8-7-16(21)13-17(18)22/h5,7-8,11-13H,4,6,9-10H2,1-3H3,(H,24,26)(H,25,27). The topological polar surface area (TPSA) is 70.6 Å². The number of hydrazone groups is 1. The number of nitrogens with one attached hydrogen (secondary N) is 2. The molecule has 0 unspecified atom stereocenters. The highest BCUT2D eigenvalue weighted by Crippen LogP contribution is 2.25. The molecule has 0 saturated heterocycles. The van der Waals surface area contributed by atoms with Gasteiger partial charge in [-0.2, -0.15) is 5.10 Å². The smallest absolute Gasteiger partial charge is 0.240 e. The molecule has 0 aliphatic carbocycles. The van der Waals surface area contributed by atoms with Crippen molar-refractivity contribution in [2.24, 2.45) is 5.10 Å². The van der Waals surface area contributed by atoms with Gasteiger partial charge in [0.05, 0.1) is 10.7 Å². The van der Waals surface area contributed by atoms with Crippen LogP contribution in [0.5, 0.6) is 0 Å². The van der Waals surface area contributed by atoms with E-state index in [1.807, 2.05) is 13.0 Å². The molecule has 1 aromatic carbocycles. The molecule has 0 spiro atoms. The van der Waals surface area contributed by atoms with E-state index in [4.69, 9.17) is 23.2 Å². The Balaban J connectivity index is 2.31. The van der Waals surface area contributed by atoms with E-state index in [1.165, 1.54) is 17.2 Å². The van der Waals surface area contributed by atoms with E-state index < -0.39 is 0 Å². The zero-order valence-corrected chi connectivity index (χ0v) is 17.3. The summed E-state index contributed by atoms with van der Waals surface area (Å²) >= 11 is 11.8. The maximum atomic E-state index is 11.9. The number of amides is 2. The van der Waals surface area contributed by atoms with Crippen LogP contribution in [0.4, 0.5) is 5.69 Å². The third-order valence-corrected chi connectivity index (χ3v) is 4.05. The maximum absolute atomic E-state index is 11.9. The lowest BCUT2D eigenvalue weighted by molar-refractivity contribution is -0.124. The van der Waals surface area contributed by atoms with E-state index in [9.17, 15) is 9.59 Å². The molecule has 5 nitrogen and oxygen atoms in total. The Morgan fingerprint density at radius 2 is 1.78 bits per heavy atom. The van der Waals surface area contributed by atoms with Crippen LogP contribution >= 0.6 is 23.2 Å². The lowest BCUT2D eigenvalue weighted by atomic mass is 10.1. The summed E-state index contributed by atoms with van der Waals surface area (Å²) in [6, 6.07) is 4.77. The highest BCUT2D eigenvalue weighted by atomic mass is 35.5. The van der Waals surface area contributed by atoms with Crippen molar-refractivity contribution in [3.63, 3.8) is 0 Å². The highest BCUT2D eigenvalue weighted by Gasteiger charge is 2.09. The van der Waals surface area contributed by atoms with Crippen LogP contribution in [0.3, 0.4) is 0 Å². The number of benzene rings is 1. The zero-order valence-electron chi connectivity index (χ0n) is 15.8. The Bertz CT molecular complexity index is 752. The number of carbonyl (C=O) groups is 2. The second-order valence-electron chi connectivity index (χ2n) is 6.32. The summed E-state index contributed by atoms with van der Waals surface area (Å²) in [5.74, 6) is -0.646. The van der Waals surface area contributed by atoms with Gasteiger partial charge >= 0.3 is 0 Å². The summed E-state index contributed by atoms with van der Waals surface area (Å²) in [4.78, 5) is 23.6. The van der Waals surface area contributed by atoms with Gasteiger partial charge in [-0.05, 0) is 57.9 Å². The van der Waals surface area contributed by atoms with Crippen molar-refractivity contribution in [2.45, 2.75) is 46.5 Å². The molecular formula is C20H25Cl2N3O2. The van der Waals surface area contributed by atoms with E-state index in [1.54, 1.807) is 18.3 Å². The minimum Gasteiger partial charge on any atom is -0.325 e. The van der Waals surface area contributed by atoms with E-state index in [0.29, 0.717) is 15.7 Å². The number of hydrogen-bond acceptors (Lipinski definition) is 3. The molecule has 2 amide bonds. The third kappa shape index (κ3) is 10.6. The molecule has 0 atom stereocenters. The molecule has 27 heavy (non-hydrogen) atoms. The zero-order chi connectivity index (χ0) is 20.2. The van der Waals surface area contributed by atoms with Gasteiger partial charge in [-0.15, -0.1) is 0 Å². The van der Waals surface area contributed by atoms with Crippen LogP contribution < -0.4 is 10.7 Å². The van der Waals surface area contributed by atoms with E-state index in [-0.39, 0.29) is 24.7 Å². The number of halogens is 2.